The molecular formula is C14H18BrNO4. The first-order valence-corrected chi connectivity index (χ1v) is 7.33. The summed E-state index contributed by atoms with van der Waals surface area (Å²) in [6.07, 6.45) is -0.642. The molecule has 1 N–H and O–H groups in total. The molecule has 0 aromatic heterocycles. The number of ether oxygens (including phenoxy) is 2. The van der Waals surface area contributed by atoms with Crippen LogP contribution in [0.25, 0.3) is 0 Å². The molecule has 110 valence electrons. The van der Waals surface area contributed by atoms with Crippen molar-refractivity contribution in [3.63, 3.8) is 0 Å². The topological polar surface area (TPSA) is 59.0 Å². The van der Waals surface area contributed by atoms with Gasteiger partial charge in [0.1, 0.15) is 5.75 Å². The second-order valence-electron chi connectivity index (χ2n) is 4.64. The molecule has 1 aromatic rings. The van der Waals surface area contributed by atoms with Crippen LogP contribution in [0.5, 0.6) is 5.75 Å². The van der Waals surface area contributed by atoms with E-state index in [9.17, 15) is 9.90 Å². The summed E-state index contributed by atoms with van der Waals surface area (Å²) in [6.45, 7) is 3.98. The van der Waals surface area contributed by atoms with Gasteiger partial charge in [0.05, 0.1) is 19.3 Å². The van der Waals surface area contributed by atoms with E-state index in [0.717, 1.165) is 4.47 Å². The van der Waals surface area contributed by atoms with Gasteiger partial charge in [0, 0.05) is 23.1 Å². The van der Waals surface area contributed by atoms with Gasteiger partial charge in [-0.2, -0.15) is 0 Å². The summed E-state index contributed by atoms with van der Waals surface area (Å²) in [5.41, 5.74) is 0.669. The Morgan fingerprint density at radius 2 is 2.20 bits per heavy atom. The van der Waals surface area contributed by atoms with Crippen LogP contribution in [0.2, 0.25) is 0 Å². The number of rotatable bonds is 4. The monoisotopic (exact) mass is 343 g/mol. The fourth-order valence-corrected chi connectivity index (χ4v) is 2.36. The second kappa shape index (κ2) is 7.06. The molecule has 1 aliphatic heterocycles. The number of halogens is 1. The van der Waals surface area contributed by atoms with E-state index in [-0.39, 0.29) is 12.5 Å². The van der Waals surface area contributed by atoms with Gasteiger partial charge in [0.15, 0.2) is 6.61 Å². The van der Waals surface area contributed by atoms with Crippen molar-refractivity contribution >= 4 is 21.8 Å². The lowest BCUT2D eigenvalue weighted by Crippen LogP contribution is -2.43. The van der Waals surface area contributed by atoms with E-state index in [4.69, 9.17) is 9.47 Å². The number of benzene rings is 1. The highest BCUT2D eigenvalue weighted by Crippen LogP contribution is 2.28. The zero-order valence-electron chi connectivity index (χ0n) is 11.3. The molecule has 1 atom stereocenters. The quantitative estimate of drug-likeness (QED) is 0.904. The summed E-state index contributed by atoms with van der Waals surface area (Å²) in [4.78, 5) is 13.7. The van der Waals surface area contributed by atoms with Crippen LogP contribution in [0.1, 0.15) is 18.6 Å². The number of amides is 1. The third-order valence-electron chi connectivity index (χ3n) is 3.14. The Labute approximate surface area is 126 Å². The van der Waals surface area contributed by atoms with Gasteiger partial charge < -0.3 is 19.5 Å². The zero-order chi connectivity index (χ0) is 14.5. The van der Waals surface area contributed by atoms with E-state index in [0.29, 0.717) is 37.6 Å². The molecule has 0 aliphatic carbocycles. The van der Waals surface area contributed by atoms with Gasteiger partial charge in [-0.05, 0) is 19.1 Å². The largest absolute Gasteiger partial charge is 0.483 e. The lowest BCUT2D eigenvalue weighted by molar-refractivity contribution is -0.137. The van der Waals surface area contributed by atoms with Gasteiger partial charge in [-0.3, -0.25) is 4.79 Å². The SMILES string of the molecule is CC(O)c1ccc(Br)cc1OCC(=O)N1CCOCC1. The summed E-state index contributed by atoms with van der Waals surface area (Å²) in [5, 5.41) is 9.70. The maximum Gasteiger partial charge on any atom is 0.260 e. The first-order chi connectivity index (χ1) is 9.58. The molecule has 1 saturated heterocycles. The molecule has 5 nitrogen and oxygen atoms in total. The van der Waals surface area contributed by atoms with Crippen molar-refractivity contribution in [1.29, 1.82) is 0 Å². The molecule has 1 amide bonds. The Balaban J connectivity index is 1.99. The smallest absolute Gasteiger partial charge is 0.260 e. The molecule has 0 spiro atoms. The van der Waals surface area contributed by atoms with Crippen LogP contribution in [-0.4, -0.2) is 48.8 Å². The molecule has 0 bridgehead atoms. The third kappa shape index (κ3) is 3.94. The molecule has 0 saturated carbocycles. The van der Waals surface area contributed by atoms with Crippen molar-refractivity contribution in [3.8, 4) is 5.75 Å². The highest BCUT2D eigenvalue weighted by atomic mass is 79.9. The van der Waals surface area contributed by atoms with Gasteiger partial charge in [-0.15, -0.1) is 0 Å². The Kier molecular flexibility index (Phi) is 5.39. The zero-order valence-corrected chi connectivity index (χ0v) is 12.9. The van der Waals surface area contributed by atoms with E-state index in [2.05, 4.69) is 15.9 Å². The predicted molar refractivity (Wildman–Crippen MR) is 77.7 cm³/mol. The summed E-state index contributed by atoms with van der Waals surface area (Å²) in [5.74, 6) is 0.459. The van der Waals surface area contributed by atoms with Crippen LogP contribution >= 0.6 is 15.9 Å². The highest BCUT2D eigenvalue weighted by molar-refractivity contribution is 9.10. The van der Waals surface area contributed by atoms with Gasteiger partial charge >= 0.3 is 0 Å². The first kappa shape index (κ1) is 15.3. The van der Waals surface area contributed by atoms with Crippen molar-refractivity contribution < 1.29 is 19.4 Å². The normalized spacial score (nSPS) is 16.9. The molecule has 1 aliphatic rings. The van der Waals surface area contributed by atoms with E-state index < -0.39 is 6.10 Å². The maximum atomic E-state index is 12.0. The molecule has 1 unspecified atom stereocenters. The molecule has 1 heterocycles. The van der Waals surface area contributed by atoms with Crippen LogP contribution in [0, 0.1) is 0 Å². The summed E-state index contributed by atoms with van der Waals surface area (Å²) in [6, 6.07) is 5.37. The number of morpholine rings is 1. The molecule has 6 heteroatoms. The van der Waals surface area contributed by atoms with E-state index >= 15 is 0 Å². The van der Waals surface area contributed by atoms with Crippen molar-refractivity contribution in [3.05, 3.63) is 28.2 Å². The average molecular weight is 344 g/mol. The summed E-state index contributed by atoms with van der Waals surface area (Å²) >= 11 is 3.36. The van der Waals surface area contributed by atoms with Crippen LogP contribution in [0.4, 0.5) is 0 Å². The van der Waals surface area contributed by atoms with Crippen molar-refractivity contribution in [2.75, 3.05) is 32.9 Å². The van der Waals surface area contributed by atoms with Gasteiger partial charge in [0.25, 0.3) is 5.91 Å². The molecule has 0 radical (unpaired) electrons. The Hall–Kier alpha value is -1.11. The van der Waals surface area contributed by atoms with Crippen LogP contribution in [0.15, 0.2) is 22.7 Å². The summed E-state index contributed by atoms with van der Waals surface area (Å²) < 4.78 is 11.6. The number of carbonyl (C=O) groups excluding carboxylic acids is 1. The lowest BCUT2D eigenvalue weighted by atomic mass is 10.1. The van der Waals surface area contributed by atoms with Crippen molar-refractivity contribution in [1.82, 2.24) is 4.90 Å². The third-order valence-corrected chi connectivity index (χ3v) is 3.63. The van der Waals surface area contributed by atoms with E-state index in [1.165, 1.54) is 0 Å². The fraction of sp³-hybridized carbons (Fsp3) is 0.500. The number of hydrogen-bond acceptors (Lipinski definition) is 4. The fourth-order valence-electron chi connectivity index (χ4n) is 2.02. The lowest BCUT2D eigenvalue weighted by Gasteiger charge is -2.27. The van der Waals surface area contributed by atoms with Crippen LogP contribution in [0.3, 0.4) is 0 Å². The van der Waals surface area contributed by atoms with Gasteiger partial charge in [-0.25, -0.2) is 0 Å². The van der Waals surface area contributed by atoms with Gasteiger partial charge in [0.2, 0.25) is 0 Å². The molecule has 20 heavy (non-hydrogen) atoms. The average Bonchev–Trinajstić information content (AvgIpc) is 2.45. The van der Waals surface area contributed by atoms with Crippen LogP contribution < -0.4 is 4.74 Å². The van der Waals surface area contributed by atoms with E-state index in [1.54, 1.807) is 24.0 Å². The molecule has 1 aromatic carbocycles. The van der Waals surface area contributed by atoms with Crippen molar-refractivity contribution in [2.45, 2.75) is 13.0 Å². The molecular weight excluding hydrogens is 326 g/mol. The number of aliphatic hydroxyl groups is 1. The number of hydrogen-bond donors (Lipinski definition) is 1. The minimum atomic E-state index is -0.642. The second-order valence-corrected chi connectivity index (χ2v) is 5.56. The van der Waals surface area contributed by atoms with Crippen LogP contribution in [-0.2, 0) is 9.53 Å². The summed E-state index contributed by atoms with van der Waals surface area (Å²) in [7, 11) is 0. The maximum absolute atomic E-state index is 12.0. The standard InChI is InChI=1S/C14H18BrNO4/c1-10(17)12-3-2-11(15)8-13(12)20-9-14(18)16-4-6-19-7-5-16/h2-3,8,10,17H,4-7,9H2,1H3. The number of carbonyl (C=O) groups is 1. The number of nitrogens with zero attached hydrogens (tertiary/aromatic N) is 1. The Morgan fingerprint density at radius 1 is 1.50 bits per heavy atom. The molecule has 1 fully saturated rings. The predicted octanol–water partition coefficient (Wildman–Crippen LogP) is 1.74. The Morgan fingerprint density at radius 3 is 2.85 bits per heavy atom. The van der Waals surface area contributed by atoms with Gasteiger partial charge in [-0.1, -0.05) is 22.0 Å². The number of aliphatic hydroxyl groups excluding tert-OH is 1. The Bertz CT molecular complexity index is 472. The molecule has 2 rings (SSSR count). The minimum Gasteiger partial charge on any atom is -0.483 e. The highest BCUT2D eigenvalue weighted by Gasteiger charge is 2.18. The first-order valence-electron chi connectivity index (χ1n) is 6.54. The van der Waals surface area contributed by atoms with E-state index in [1.807, 2.05) is 6.07 Å². The minimum absolute atomic E-state index is 0.0316. The van der Waals surface area contributed by atoms with Crippen molar-refractivity contribution in [2.24, 2.45) is 0 Å².